The van der Waals surface area contributed by atoms with Gasteiger partial charge in [-0.1, -0.05) is 0 Å². The summed E-state index contributed by atoms with van der Waals surface area (Å²) in [7, 11) is 0. The number of amides is 2. The van der Waals surface area contributed by atoms with Crippen LogP contribution in [0.2, 0.25) is 0 Å². The Hall–Kier alpha value is -1.83. The van der Waals surface area contributed by atoms with E-state index in [1.54, 1.807) is 0 Å². The summed E-state index contributed by atoms with van der Waals surface area (Å²) in [6.07, 6.45) is 9.28. The lowest BCUT2D eigenvalue weighted by atomic mass is 9.53. The highest BCUT2D eigenvalue weighted by molar-refractivity contribution is 6.02. The SMILES string of the molecule is N#C/C(=C\NC12CC3CC(CC(C3)C1)C2)C(=O)NC=O. The molecule has 0 radical (unpaired) electrons. The zero-order valence-electron chi connectivity index (χ0n) is 11.4. The van der Waals surface area contributed by atoms with Crippen molar-refractivity contribution in [3.63, 3.8) is 0 Å². The summed E-state index contributed by atoms with van der Waals surface area (Å²) < 4.78 is 0. The summed E-state index contributed by atoms with van der Waals surface area (Å²) in [5, 5.41) is 14.4. The van der Waals surface area contributed by atoms with Crippen LogP contribution in [-0.4, -0.2) is 17.9 Å². The van der Waals surface area contributed by atoms with Gasteiger partial charge >= 0.3 is 0 Å². The molecule has 0 unspecified atom stereocenters. The Balaban J connectivity index is 1.72. The van der Waals surface area contributed by atoms with Crippen molar-refractivity contribution in [3.8, 4) is 6.07 Å². The van der Waals surface area contributed by atoms with E-state index in [4.69, 9.17) is 5.26 Å². The van der Waals surface area contributed by atoms with Crippen molar-refractivity contribution in [1.29, 1.82) is 5.26 Å². The lowest BCUT2D eigenvalue weighted by molar-refractivity contribution is -0.122. The average Bonchev–Trinajstić information content (AvgIpc) is 2.38. The predicted molar refractivity (Wildman–Crippen MR) is 71.9 cm³/mol. The minimum absolute atomic E-state index is 0.0344. The van der Waals surface area contributed by atoms with Crippen LogP contribution in [0.3, 0.4) is 0 Å². The maximum absolute atomic E-state index is 11.5. The normalized spacial score (nSPS) is 38.1. The standard InChI is InChI=1S/C15H19N3O2/c16-7-13(14(20)17-9-19)8-18-15-4-10-1-11(5-15)3-12(2-10)6-15/h8-12,18H,1-6H2,(H,17,19,20)/b13-8+. The van der Waals surface area contributed by atoms with E-state index in [0.717, 1.165) is 37.0 Å². The van der Waals surface area contributed by atoms with Crippen LogP contribution in [0.25, 0.3) is 0 Å². The molecule has 0 heterocycles. The first-order valence-corrected chi connectivity index (χ1v) is 7.26. The molecule has 4 rings (SSSR count). The molecule has 20 heavy (non-hydrogen) atoms. The summed E-state index contributed by atoms with van der Waals surface area (Å²) in [5.41, 5.74) is 0.0334. The minimum atomic E-state index is -0.639. The molecule has 0 aromatic carbocycles. The van der Waals surface area contributed by atoms with Crippen LogP contribution in [0.15, 0.2) is 11.8 Å². The van der Waals surface area contributed by atoms with Crippen molar-refractivity contribution < 1.29 is 9.59 Å². The summed E-state index contributed by atoms with van der Waals surface area (Å²) in [6, 6.07) is 1.85. The molecular weight excluding hydrogens is 254 g/mol. The summed E-state index contributed by atoms with van der Waals surface area (Å²) in [5.74, 6) is 1.77. The van der Waals surface area contributed by atoms with Gasteiger partial charge in [0.1, 0.15) is 11.6 Å². The number of carbonyl (C=O) groups is 2. The highest BCUT2D eigenvalue weighted by atomic mass is 16.2. The topological polar surface area (TPSA) is 82.0 Å². The third kappa shape index (κ3) is 2.31. The molecule has 106 valence electrons. The van der Waals surface area contributed by atoms with Crippen molar-refractivity contribution in [2.75, 3.05) is 0 Å². The van der Waals surface area contributed by atoms with Gasteiger partial charge in [0.15, 0.2) is 0 Å². The van der Waals surface area contributed by atoms with Gasteiger partial charge < -0.3 is 5.32 Å². The molecule has 0 atom stereocenters. The van der Waals surface area contributed by atoms with Gasteiger partial charge in [-0.05, 0) is 56.3 Å². The summed E-state index contributed by atoms with van der Waals surface area (Å²) in [4.78, 5) is 21.8. The Labute approximate surface area is 118 Å². The van der Waals surface area contributed by atoms with Crippen molar-refractivity contribution in [3.05, 3.63) is 11.8 Å². The van der Waals surface area contributed by atoms with Gasteiger partial charge in [-0.25, -0.2) is 0 Å². The molecule has 4 saturated carbocycles. The third-order valence-electron chi connectivity index (χ3n) is 5.12. The number of nitrogens with one attached hydrogen (secondary N) is 2. The lowest BCUT2D eigenvalue weighted by Gasteiger charge is -2.56. The molecule has 0 aromatic rings. The molecule has 0 spiro atoms. The second kappa shape index (κ2) is 4.93. The Morgan fingerprint density at radius 3 is 2.15 bits per heavy atom. The lowest BCUT2D eigenvalue weighted by Crippen LogP contribution is -2.57. The Kier molecular flexibility index (Phi) is 3.25. The molecule has 4 aliphatic rings. The third-order valence-corrected chi connectivity index (χ3v) is 5.12. The van der Waals surface area contributed by atoms with Crippen LogP contribution in [0.1, 0.15) is 38.5 Å². The van der Waals surface area contributed by atoms with Crippen LogP contribution in [0.4, 0.5) is 0 Å². The van der Waals surface area contributed by atoms with Gasteiger partial charge in [-0.3, -0.25) is 14.9 Å². The zero-order valence-corrected chi connectivity index (χ0v) is 11.4. The molecule has 0 aromatic heterocycles. The number of imide groups is 1. The molecule has 4 aliphatic carbocycles. The Morgan fingerprint density at radius 1 is 1.15 bits per heavy atom. The first-order valence-electron chi connectivity index (χ1n) is 7.26. The minimum Gasteiger partial charge on any atom is -0.384 e. The number of carbonyl (C=O) groups excluding carboxylic acids is 2. The quantitative estimate of drug-likeness (QED) is 0.458. The number of hydrogen-bond donors (Lipinski definition) is 2. The van der Waals surface area contributed by atoms with Crippen molar-refractivity contribution in [2.45, 2.75) is 44.1 Å². The fraction of sp³-hybridized carbons (Fsp3) is 0.667. The van der Waals surface area contributed by atoms with E-state index in [-0.39, 0.29) is 11.1 Å². The second-order valence-electron chi connectivity index (χ2n) is 6.60. The van der Waals surface area contributed by atoms with E-state index < -0.39 is 5.91 Å². The number of rotatable bonds is 4. The molecule has 2 amide bonds. The van der Waals surface area contributed by atoms with Gasteiger partial charge in [-0.15, -0.1) is 0 Å². The average molecular weight is 273 g/mol. The first kappa shape index (κ1) is 13.2. The van der Waals surface area contributed by atoms with Gasteiger partial charge in [0, 0.05) is 11.7 Å². The van der Waals surface area contributed by atoms with Gasteiger partial charge in [0.05, 0.1) is 0 Å². The van der Waals surface area contributed by atoms with E-state index in [2.05, 4.69) is 5.32 Å². The highest BCUT2D eigenvalue weighted by Gasteiger charge is 2.50. The molecule has 5 heteroatoms. The monoisotopic (exact) mass is 273 g/mol. The number of nitriles is 1. The van der Waals surface area contributed by atoms with Crippen LogP contribution in [0.5, 0.6) is 0 Å². The highest BCUT2D eigenvalue weighted by Crippen LogP contribution is 2.55. The van der Waals surface area contributed by atoms with Crippen molar-refractivity contribution >= 4 is 12.3 Å². The first-order chi connectivity index (χ1) is 9.64. The number of hydrogen-bond acceptors (Lipinski definition) is 4. The molecular formula is C15H19N3O2. The largest absolute Gasteiger partial charge is 0.384 e. The van der Waals surface area contributed by atoms with E-state index in [0.29, 0.717) is 6.41 Å². The molecule has 0 saturated heterocycles. The van der Waals surface area contributed by atoms with Gasteiger partial charge in [0.2, 0.25) is 6.41 Å². The van der Waals surface area contributed by atoms with E-state index >= 15 is 0 Å². The second-order valence-corrected chi connectivity index (χ2v) is 6.60. The van der Waals surface area contributed by atoms with Crippen LogP contribution in [0, 0.1) is 29.1 Å². The van der Waals surface area contributed by atoms with E-state index in [1.165, 1.54) is 25.5 Å². The van der Waals surface area contributed by atoms with E-state index in [1.807, 2.05) is 11.4 Å². The Morgan fingerprint density at radius 2 is 1.70 bits per heavy atom. The molecule has 4 fully saturated rings. The summed E-state index contributed by atoms with van der Waals surface area (Å²) in [6.45, 7) is 0. The zero-order chi connectivity index (χ0) is 14.2. The van der Waals surface area contributed by atoms with Crippen molar-refractivity contribution in [2.24, 2.45) is 17.8 Å². The smallest absolute Gasteiger partial charge is 0.269 e. The maximum Gasteiger partial charge on any atom is 0.269 e. The van der Waals surface area contributed by atoms with Gasteiger partial charge in [-0.2, -0.15) is 5.26 Å². The van der Waals surface area contributed by atoms with Gasteiger partial charge in [0.25, 0.3) is 5.91 Å². The van der Waals surface area contributed by atoms with Crippen molar-refractivity contribution in [1.82, 2.24) is 10.6 Å². The predicted octanol–water partition coefficient (Wildman–Crippen LogP) is 1.22. The molecule has 4 bridgehead atoms. The molecule has 5 nitrogen and oxygen atoms in total. The maximum atomic E-state index is 11.5. The van der Waals surface area contributed by atoms with Crippen LogP contribution >= 0.6 is 0 Å². The fourth-order valence-corrected chi connectivity index (χ4v) is 4.79. The Bertz CT molecular complexity index is 468. The summed E-state index contributed by atoms with van der Waals surface area (Å²) >= 11 is 0. The molecule has 2 N–H and O–H groups in total. The molecule has 0 aliphatic heterocycles. The van der Waals surface area contributed by atoms with Crippen LogP contribution < -0.4 is 10.6 Å². The fourth-order valence-electron chi connectivity index (χ4n) is 4.79. The number of nitrogens with zero attached hydrogens (tertiary/aromatic N) is 1. The van der Waals surface area contributed by atoms with Crippen LogP contribution in [-0.2, 0) is 9.59 Å². The van der Waals surface area contributed by atoms with E-state index in [9.17, 15) is 9.59 Å².